The maximum Gasteiger partial charge on any atom is 0.328 e. The van der Waals surface area contributed by atoms with Crippen LogP contribution in [0.4, 0.5) is 0 Å². The number of aliphatic carboxylic acids is 3. The van der Waals surface area contributed by atoms with Gasteiger partial charge >= 0.3 is 17.9 Å². The van der Waals surface area contributed by atoms with Crippen molar-refractivity contribution in [2.45, 2.75) is 19.1 Å². The molecule has 10 heteroatoms. The maximum atomic E-state index is 11.7. The molecule has 0 bridgehead atoms. The van der Waals surface area contributed by atoms with Gasteiger partial charge in [0.25, 0.3) is 5.79 Å². The van der Waals surface area contributed by atoms with Gasteiger partial charge in [0.2, 0.25) is 0 Å². The molecule has 2 aliphatic rings. The first-order valence-corrected chi connectivity index (χ1v) is 11.0. The third-order valence-electron chi connectivity index (χ3n) is 4.93. The first-order valence-electron chi connectivity index (χ1n) is 11.0. The van der Waals surface area contributed by atoms with Crippen molar-refractivity contribution >= 4 is 17.9 Å². The van der Waals surface area contributed by atoms with Crippen molar-refractivity contribution in [3.8, 4) is 11.5 Å². The quantitative estimate of drug-likeness (QED) is 0.448. The Morgan fingerprint density at radius 3 is 1.71 bits per heavy atom. The fourth-order valence-corrected chi connectivity index (χ4v) is 3.36. The average molecular weight is 488 g/mol. The number of carboxylic acids is 3. The van der Waals surface area contributed by atoms with Crippen molar-refractivity contribution in [2.24, 2.45) is 5.92 Å². The Morgan fingerprint density at radius 1 is 0.886 bits per heavy atom. The van der Waals surface area contributed by atoms with Crippen LogP contribution in [0.15, 0.2) is 66.7 Å². The SMILES string of the molecule is C1COCCN1.CCC(C(=O)O)C1(c2ccccc2)Oc2ccccc2O1.O=C(O)C=CC(=O)O. The van der Waals surface area contributed by atoms with Crippen molar-refractivity contribution in [1.29, 1.82) is 0 Å². The van der Waals surface area contributed by atoms with E-state index in [0.717, 1.165) is 26.3 Å². The van der Waals surface area contributed by atoms with Crippen molar-refractivity contribution in [1.82, 2.24) is 5.32 Å². The molecule has 2 aliphatic heterocycles. The zero-order valence-electron chi connectivity index (χ0n) is 19.3. The van der Waals surface area contributed by atoms with E-state index in [2.05, 4.69) is 5.32 Å². The van der Waals surface area contributed by atoms with Crippen LogP contribution >= 0.6 is 0 Å². The van der Waals surface area contributed by atoms with E-state index >= 15 is 0 Å². The number of hydrogen-bond acceptors (Lipinski definition) is 7. The van der Waals surface area contributed by atoms with Gasteiger partial charge in [0, 0.05) is 30.8 Å². The minimum atomic E-state index is -1.31. The fraction of sp³-hybridized carbons (Fsp3) is 0.320. The van der Waals surface area contributed by atoms with Crippen LogP contribution in [0.1, 0.15) is 18.9 Å². The third kappa shape index (κ3) is 8.13. The highest BCUT2D eigenvalue weighted by atomic mass is 16.7. The highest BCUT2D eigenvalue weighted by Crippen LogP contribution is 2.48. The smallest absolute Gasteiger partial charge is 0.328 e. The average Bonchev–Trinajstić information content (AvgIpc) is 3.26. The molecule has 0 saturated carbocycles. The topological polar surface area (TPSA) is 152 Å². The van der Waals surface area contributed by atoms with Gasteiger partial charge in [0.15, 0.2) is 11.5 Å². The molecule has 4 N–H and O–H groups in total. The van der Waals surface area contributed by atoms with Crippen LogP contribution < -0.4 is 14.8 Å². The largest absolute Gasteiger partial charge is 0.481 e. The van der Waals surface area contributed by atoms with Crippen molar-refractivity contribution in [3.05, 3.63) is 72.3 Å². The van der Waals surface area contributed by atoms with Crippen molar-refractivity contribution in [2.75, 3.05) is 26.3 Å². The molecule has 10 nitrogen and oxygen atoms in total. The molecule has 0 spiro atoms. The molecule has 35 heavy (non-hydrogen) atoms. The molecule has 0 aliphatic carbocycles. The lowest BCUT2D eigenvalue weighted by atomic mass is 9.89. The second-order valence-corrected chi connectivity index (χ2v) is 7.36. The molecule has 1 saturated heterocycles. The molecule has 1 fully saturated rings. The zero-order chi connectivity index (χ0) is 25.7. The van der Waals surface area contributed by atoms with Crippen LogP contribution in [-0.4, -0.2) is 59.5 Å². The fourth-order valence-electron chi connectivity index (χ4n) is 3.36. The summed E-state index contributed by atoms with van der Waals surface area (Å²) in [4.78, 5) is 30.8. The number of hydrogen-bond donors (Lipinski definition) is 4. The minimum absolute atomic E-state index is 0.401. The number of fused-ring (bicyclic) bond motifs is 1. The number of carbonyl (C=O) groups is 3. The Bertz CT molecular complexity index is 950. The monoisotopic (exact) mass is 487 g/mol. The molecule has 0 aromatic heterocycles. The van der Waals surface area contributed by atoms with Gasteiger partial charge in [-0.05, 0) is 18.6 Å². The van der Waals surface area contributed by atoms with Crippen LogP contribution in [0.2, 0.25) is 0 Å². The van der Waals surface area contributed by atoms with Gasteiger partial charge in [-0.2, -0.15) is 0 Å². The zero-order valence-corrected chi connectivity index (χ0v) is 19.3. The van der Waals surface area contributed by atoms with Crippen molar-refractivity contribution in [3.63, 3.8) is 0 Å². The van der Waals surface area contributed by atoms with Crippen LogP contribution in [0.5, 0.6) is 11.5 Å². The Kier molecular flexibility index (Phi) is 10.7. The Balaban J connectivity index is 0.000000253. The highest BCUT2D eigenvalue weighted by molar-refractivity contribution is 5.89. The summed E-state index contributed by atoms with van der Waals surface area (Å²) in [6.45, 7) is 5.65. The molecule has 2 aromatic rings. The number of ether oxygens (including phenoxy) is 3. The lowest BCUT2D eigenvalue weighted by Crippen LogP contribution is -2.46. The lowest BCUT2D eigenvalue weighted by molar-refractivity contribution is -0.175. The summed E-state index contributed by atoms with van der Waals surface area (Å²) in [5, 5.41) is 28.4. The van der Waals surface area contributed by atoms with Gasteiger partial charge in [-0.15, -0.1) is 0 Å². The summed E-state index contributed by atoms with van der Waals surface area (Å²) >= 11 is 0. The normalized spacial score (nSPS) is 16.1. The number of nitrogens with one attached hydrogen (secondary N) is 1. The predicted octanol–water partition coefficient (Wildman–Crippen LogP) is 2.74. The first kappa shape index (κ1) is 27.4. The Morgan fingerprint density at radius 2 is 1.37 bits per heavy atom. The van der Waals surface area contributed by atoms with Crippen LogP contribution in [0.25, 0.3) is 0 Å². The first-order chi connectivity index (χ1) is 16.8. The number of carboxylic acid groups (broad SMARTS) is 3. The maximum absolute atomic E-state index is 11.7. The Hall–Kier alpha value is -3.89. The van der Waals surface area contributed by atoms with E-state index in [1.54, 1.807) is 12.1 Å². The highest BCUT2D eigenvalue weighted by Gasteiger charge is 2.52. The summed E-state index contributed by atoms with van der Waals surface area (Å²) < 4.78 is 17.0. The molecule has 1 unspecified atom stereocenters. The molecule has 2 heterocycles. The second kappa shape index (κ2) is 13.7. The summed E-state index contributed by atoms with van der Waals surface area (Å²) in [6, 6.07) is 16.5. The van der Waals surface area contributed by atoms with E-state index in [0.29, 0.717) is 35.6 Å². The van der Waals surface area contributed by atoms with E-state index in [-0.39, 0.29) is 0 Å². The summed E-state index contributed by atoms with van der Waals surface area (Å²) in [5.41, 5.74) is 0.704. The van der Waals surface area contributed by atoms with Gasteiger partial charge < -0.3 is 34.8 Å². The molecule has 4 rings (SSSR count). The van der Waals surface area contributed by atoms with Crippen LogP contribution in [0.3, 0.4) is 0 Å². The van der Waals surface area contributed by atoms with Gasteiger partial charge in [0.1, 0.15) is 5.92 Å². The molecule has 1 atom stereocenters. The lowest BCUT2D eigenvalue weighted by Gasteiger charge is -2.33. The third-order valence-corrected chi connectivity index (χ3v) is 4.93. The molecule has 2 aromatic carbocycles. The number of rotatable bonds is 6. The molecular weight excluding hydrogens is 458 g/mol. The van der Waals surface area contributed by atoms with Gasteiger partial charge in [0.05, 0.1) is 13.2 Å². The summed E-state index contributed by atoms with van der Waals surface area (Å²) in [5.74, 6) is -4.42. The summed E-state index contributed by atoms with van der Waals surface area (Å²) in [7, 11) is 0. The molecule has 0 radical (unpaired) electrons. The number of benzene rings is 2. The van der Waals surface area contributed by atoms with E-state index < -0.39 is 29.6 Å². The predicted molar refractivity (Wildman–Crippen MR) is 125 cm³/mol. The Labute approximate surface area is 202 Å². The molecule has 188 valence electrons. The van der Waals surface area contributed by atoms with Gasteiger partial charge in [-0.3, -0.25) is 4.79 Å². The standard InChI is InChI=1S/C17H16O4.C4H9NO.C4H4O4/c1-2-13(16(18)19)17(12-8-4-3-5-9-12)20-14-10-6-7-11-15(14)21-17;1-3-6-4-2-5-1;5-3(6)1-2-4(7)8/h3-11,13H,2H2,1H3,(H,18,19);5H,1-4H2;1-2H,(H,5,6)(H,7,8). The second-order valence-electron chi connectivity index (χ2n) is 7.36. The number of morpholine rings is 1. The molecule has 0 amide bonds. The van der Waals surface area contributed by atoms with Crippen molar-refractivity contribution < 1.29 is 43.9 Å². The van der Waals surface area contributed by atoms with Gasteiger partial charge in [-0.25, -0.2) is 9.59 Å². The summed E-state index contributed by atoms with van der Waals surface area (Å²) in [6.07, 6.45) is 1.52. The van der Waals surface area contributed by atoms with E-state index in [9.17, 15) is 19.5 Å². The molecular formula is C25H29NO9. The van der Waals surface area contributed by atoms with Gasteiger partial charge in [-0.1, -0.05) is 49.4 Å². The van der Waals surface area contributed by atoms with Crippen LogP contribution in [0, 0.1) is 5.92 Å². The van der Waals surface area contributed by atoms with E-state index in [4.69, 9.17) is 24.4 Å². The van der Waals surface area contributed by atoms with E-state index in [1.807, 2.05) is 49.4 Å². The minimum Gasteiger partial charge on any atom is -0.481 e. The van der Waals surface area contributed by atoms with Crippen LogP contribution in [-0.2, 0) is 24.9 Å². The van der Waals surface area contributed by atoms with E-state index in [1.165, 1.54) is 0 Å². The number of para-hydroxylation sites is 2.